The van der Waals surface area contributed by atoms with Crippen LogP contribution in [0.5, 0.6) is 0 Å². The first-order valence-corrected chi connectivity index (χ1v) is 13.4. The molecule has 0 fully saturated rings. The second-order valence-corrected chi connectivity index (χ2v) is 10.6. The SMILES string of the molecule is CCCNC(=O)[C@H](CC)N(Cc1ccc(Cl)cc1Cl)C(=O)CN(c1ccc(F)c(F)c1)S(C)(=O)=O. The highest BCUT2D eigenvalue weighted by molar-refractivity contribution is 7.92. The Morgan fingerprint density at radius 2 is 1.74 bits per heavy atom. The Hall–Kier alpha value is -2.43. The third-order valence-electron chi connectivity index (χ3n) is 5.16. The number of carbonyl (C=O) groups excluding carboxylic acids is 2. The maximum absolute atomic E-state index is 13.8. The van der Waals surface area contributed by atoms with Crippen LogP contribution in [0.15, 0.2) is 36.4 Å². The van der Waals surface area contributed by atoms with Crippen molar-refractivity contribution in [2.75, 3.05) is 23.7 Å². The molecule has 2 amide bonds. The van der Waals surface area contributed by atoms with E-state index in [1.807, 2.05) is 6.92 Å². The molecule has 0 spiro atoms. The number of hydrogen-bond acceptors (Lipinski definition) is 4. The van der Waals surface area contributed by atoms with Gasteiger partial charge in [0.2, 0.25) is 21.8 Å². The third kappa shape index (κ3) is 7.78. The van der Waals surface area contributed by atoms with Gasteiger partial charge in [0.25, 0.3) is 0 Å². The van der Waals surface area contributed by atoms with E-state index in [0.717, 1.165) is 18.4 Å². The maximum Gasteiger partial charge on any atom is 0.244 e. The van der Waals surface area contributed by atoms with Crippen LogP contribution in [0.2, 0.25) is 10.0 Å². The number of amides is 2. The van der Waals surface area contributed by atoms with E-state index in [9.17, 15) is 26.8 Å². The fourth-order valence-corrected chi connectivity index (χ4v) is 4.68. The number of sulfonamides is 1. The molecular weight excluding hydrogens is 523 g/mol. The van der Waals surface area contributed by atoms with E-state index >= 15 is 0 Å². The number of halogens is 4. The van der Waals surface area contributed by atoms with Gasteiger partial charge in [0.15, 0.2) is 11.6 Å². The van der Waals surface area contributed by atoms with E-state index in [4.69, 9.17) is 23.2 Å². The molecule has 0 radical (unpaired) electrons. The summed E-state index contributed by atoms with van der Waals surface area (Å²) in [5, 5.41) is 3.39. The summed E-state index contributed by atoms with van der Waals surface area (Å²) in [6.45, 7) is 3.13. The van der Waals surface area contributed by atoms with Crippen molar-refractivity contribution in [2.24, 2.45) is 0 Å². The van der Waals surface area contributed by atoms with Gasteiger partial charge in [0.05, 0.1) is 11.9 Å². The van der Waals surface area contributed by atoms with E-state index < -0.39 is 46.1 Å². The van der Waals surface area contributed by atoms with Gasteiger partial charge in [-0.2, -0.15) is 0 Å². The molecule has 0 aliphatic carbocycles. The summed E-state index contributed by atoms with van der Waals surface area (Å²) in [5.41, 5.74) is 0.262. The summed E-state index contributed by atoms with van der Waals surface area (Å²) in [6.07, 6.45) is 1.75. The van der Waals surface area contributed by atoms with Gasteiger partial charge in [-0.05, 0) is 42.7 Å². The zero-order valence-electron chi connectivity index (χ0n) is 19.5. The molecule has 0 saturated heterocycles. The number of nitrogens with one attached hydrogen (secondary N) is 1. The minimum atomic E-state index is -4.08. The number of carbonyl (C=O) groups is 2. The normalized spacial score (nSPS) is 12.2. The van der Waals surface area contributed by atoms with Crippen LogP contribution in [0.3, 0.4) is 0 Å². The van der Waals surface area contributed by atoms with Gasteiger partial charge >= 0.3 is 0 Å². The molecular formula is C23H27Cl2F2N3O4S. The van der Waals surface area contributed by atoms with Crippen LogP contribution < -0.4 is 9.62 Å². The van der Waals surface area contributed by atoms with Gasteiger partial charge in [0.1, 0.15) is 12.6 Å². The lowest BCUT2D eigenvalue weighted by Crippen LogP contribution is -2.52. The van der Waals surface area contributed by atoms with E-state index in [2.05, 4.69) is 5.32 Å². The smallest absolute Gasteiger partial charge is 0.244 e. The molecule has 0 unspecified atom stereocenters. The van der Waals surface area contributed by atoms with Crippen LogP contribution in [0, 0.1) is 11.6 Å². The second kappa shape index (κ2) is 12.5. The van der Waals surface area contributed by atoms with Gasteiger partial charge < -0.3 is 10.2 Å². The molecule has 0 bridgehead atoms. The average Bonchev–Trinajstić information content (AvgIpc) is 2.78. The van der Waals surface area contributed by atoms with E-state index in [0.29, 0.717) is 33.9 Å². The van der Waals surface area contributed by atoms with Gasteiger partial charge in [-0.25, -0.2) is 17.2 Å². The van der Waals surface area contributed by atoms with Crippen molar-refractivity contribution in [3.63, 3.8) is 0 Å². The lowest BCUT2D eigenvalue weighted by molar-refractivity contribution is -0.140. The van der Waals surface area contributed by atoms with Crippen molar-refractivity contribution in [1.82, 2.24) is 10.2 Å². The van der Waals surface area contributed by atoms with Crippen molar-refractivity contribution in [3.8, 4) is 0 Å². The molecule has 2 aromatic rings. The molecule has 192 valence electrons. The molecule has 7 nitrogen and oxygen atoms in total. The van der Waals surface area contributed by atoms with Crippen molar-refractivity contribution < 1.29 is 26.8 Å². The van der Waals surface area contributed by atoms with Crippen molar-refractivity contribution in [1.29, 1.82) is 0 Å². The number of anilines is 1. The summed E-state index contributed by atoms with van der Waals surface area (Å²) >= 11 is 12.3. The van der Waals surface area contributed by atoms with Crippen LogP contribution in [-0.2, 0) is 26.2 Å². The van der Waals surface area contributed by atoms with Gasteiger partial charge in [-0.3, -0.25) is 13.9 Å². The third-order valence-corrected chi connectivity index (χ3v) is 6.89. The summed E-state index contributed by atoms with van der Waals surface area (Å²) in [4.78, 5) is 27.6. The number of nitrogens with zero attached hydrogens (tertiary/aromatic N) is 2. The number of rotatable bonds is 11. The molecule has 12 heteroatoms. The fraction of sp³-hybridized carbons (Fsp3) is 0.391. The Morgan fingerprint density at radius 3 is 2.29 bits per heavy atom. The number of hydrogen-bond donors (Lipinski definition) is 1. The molecule has 0 saturated carbocycles. The van der Waals surface area contributed by atoms with Crippen LogP contribution in [0.1, 0.15) is 32.3 Å². The molecule has 0 aromatic heterocycles. The summed E-state index contributed by atoms with van der Waals surface area (Å²) < 4.78 is 52.8. The molecule has 0 aliphatic heterocycles. The minimum Gasteiger partial charge on any atom is -0.354 e. The summed E-state index contributed by atoms with van der Waals surface area (Å²) in [6, 6.07) is 6.24. The summed E-state index contributed by atoms with van der Waals surface area (Å²) in [5.74, 6) is -3.57. The Labute approximate surface area is 214 Å². The molecule has 2 rings (SSSR count). The summed E-state index contributed by atoms with van der Waals surface area (Å²) in [7, 11) is -4.08. The van der Waals surface area contributed by atoms with Gasteiger partial charge in [-0.1, -0.05) is 43.1 Å². The second-order valence-electron chi connectivity index (χ2n) is 7.84. The highest BCUT2D eigenvalue weighted by Gasteiger charge is 2.32. The largest absolute Gasteiger partial charge is 0.354 e. The Bertz CT molecular complexity index is 1180. The van der Waals surface area contributed by atoms with Gasteiger partial charge in [-0.15, -0.1) is 0 Å². The molecule has 0 aliphatic rings. The van der Waals surface area contributed by atoms with E-state index in [-0.39, 0.29) is 23.7 Å². The van der Waals surface area contributed by atoms with Crippen LogP contribution in [0.25, 0.3) is 0 Å². The van der Waals surface area contributed by atoms with Crippen molar-refractivity contribution in [2.45, 2.75) is 39.3 Å². The van der Waals surface area contributed by atoms with Gasteiger partial charge in [0, 0.05) is 29.2 Å². The maximum atomic E-state index is 13.8. The first-order valence-electron chi connectivity index (χ1n) is 10.8. The average molecular weight is 550 g/mol. The monoisotopic (exact) mass is 549 g/mol. The highest BCUT2D eigenvalue weighted by Crippen LogP contribution is 2.25. The number of benzene rings is 2. The molecule has 0 heterocycles. The Balaban J connectivity index is 2.48. The van der Waals surface area contributed by atoms with Crippen molar-refractivity contribution in [3.05, 3.63) is 63.6 Å². The predicted molar refractivity (Wildman–Crippen MR) is 133 cm³/mol. The Morgan fingerprint density at radius 1 is 1.06 bits per heavy atom. The standard InChI is InChI=1S/C23H27Cl2F2N3O4S/c1-4-10-28-23(32)21(5-2)29(13-15-6-7-16(24)11-18(15)25)22(31)14-30(35(3,33)34)17-8-9-19(26)20(27)12-17/h6-9,11-12,21H,4-5,10,13-14H2,1-3H3,(H,28,32)/t21-/m0/s1. The quantitative estimate of drug-likeness (QED) is 0.450. The first-order chi connectivity index (χ1) is 16.4. The fourth-order valence-electron chi connectivity index (χ4n) is 3.37. The highest BCUT2D eigenvalue weighted by atomic mass is 35.5. The molecule has 2 aromatic carbocycles. The van der Waals surface area contributed by atoms with Crippen LogP contribution >= 0.6 is 23.2 Å². The van der Waals surface area contributed by atoms with E-state index in [1.54, 1.807) is 19.1 Å². The lowest BCUT2D eigenvalue weighted by Gasteiger charge is -2.33. The Kier molecular flexibility index (Phi) is 10.3. The lowest BCUT2D eigenvalue weighted by atomic mass is 10.1. The predicted octanol–water partition coefficient (Wildman–Crippen LogP) is 4.37. The molecule has 35 heavy (non-hydrogen) atoms. The zero-order valence-corrected chi connectivity index (χ0v) is 21.9. The van der Waals surface area contributed by atoms with Crippen molar-refractivity contribution >= 4 is 50.7 Å². The minimum absolute atomic E-state index is 0.109. The van der Waals surface area contributed by atoms with E-state index in [1.165, 1.54) is 11.0 Å². The zero-order chi connectivity index (χ0) is 26.3. The van der Waals surface area contributed by atoms with Crippen LogP contribution in [-0.4, -0.2) is 50.5 Å². The molecule has 1 atom stereocenters. The molecule has 1 N–H and O–H groups in total. The first kappa shape index (κ1) is 28.8. The van der Waals surface area contributed by atoms with Crippen LogP contribution in [0.4, 0.5) is 14.5 Å². The topological polar surface area (TPSA) is 86.8 Å².